The Morgan fingerprint density at radius 1 is 0.957 bits per heavy atom. The van der Waals surface area contributed by atoms with E-state index in [-0.39, 0.29) is 17.6 Å². The molecular formula is C35H41ClF4N4O2. The Hall–Kier alpha value is -3.18. The van der Waals surface area contributed by atoms with Crippen LogP contribution in [-0.4, -0.2) is 79.1 Å². The summed E-state index contributed by atoms with van der Waals surface area (Å²) in [6, 6.07) is 15.2. The molecule has 3 aromatic rings. The quantitative estimate of drug-likeness (QED) is 0.252. The van der Waals surface area contributed by atoms with Crippen LogP contribution in [0.3, 0.4) is 0 Å². The SMILES string of the molecule is CCOc1cccc(F)c1CN1CCN(C(=O)[C@H](N)C2CCN(CCc3cc(C(F)(F)F)ccc3-c3ccccc3Cl)CC2)CC1. The van der Waals surface area contributed by atoms with Crippen molar-refractivity contribution in [3.8, 4) is 16.9 Å². The lowest BCUT2D eigenvalue weighted by Crippen LogP contribution is -2.55. The largest absolute Gasteiger partial charge is 0.493 e. The number of nitrogens with zero attached hydrogens (tertiary/aromatic N) is 3. The van der Waals surface area contributed by atoms with Crippen LogP contribution in [0.5, 0.6) is 5.75 Å². The lowest BCUT2D eigenvalue weighted by Gasteiger charge is -2.39. The molecule has 2 saturated heterocycles. The van der Waals surface area contributed by atoms with Gasteiger partial charge in [-0.3, -0.25) is 9.69 Å². The summed E-state index contributed by atoms with van der Waals surface area (Å²) in [5.41, 5.74) is 8.37. The van der Waals surface area contributed by atoms with Crippen LogP contribution in [0, 0.1) is 11.7 Å². The number of carbonyl (C=O) groups is 1. The molecule has 11 heteroatoms. The molecule has 2 fully saturated rings. The van der Waals surface area contributed by atoms with Crippen LogP contribution >= 0.6 is 11.6 Å². The number of rotatable bonds is 10. The number of likely N-dealkylation sites (tertiary alicyclic amines) is 1. The van der Waals surface area contributed by atoms with E-state index in [1.165, 1.54) is 18.2 Å². The Morgan fingerprint density at radius 3 is 2.35 bits per heavy atom. The van der Waals surface area contributed by atoms with Gasteiger partial charge in [0, 0.05) is 55.4 Å². The summed E-state index contributed by atoms with van der Waals surface area (Å²) in [6.07, 6.45) is -2.53. The van der Waals surface area contributed by atoms with Crippen molar-refractivity contribution in [2.45, 2.75) is 44.9 Å². The second-order valence-electron chi connectivity index (χ2n) is 12.1. The van der Waals surface area contributed by atoms with Crippen LogP contribution < -0.4 is 10.5 Å². The smallest absolute Gasteiger partial charge is 0.416 e. The Kier molecular flexibility index (Phi) is 11.3. The zero-order valence-corrected chi connectivity index (χ0v) is 26.8. The Balaban J connectivity index is 1.12. The monoisotopic (exact) mass is 660 g/mol. The van der Waals surface area contributed by atoms with Crippen LogP contribution in [0.2, 0.25) is 5.02 Å². The number of alkyl halides is 3. The third-order valence-corrected chi connectivity index (χ3v) is 9.49. The fraction of sp³-hybridized carbons (Fsp3) is 0.457. The molecule has 2 aliphatic heterocycles. The van der Waals surface area contributed by atoms with Crippen LogP contribution in [0.25, 0.3) is 11.1 Å². The van der Waals surface area contributed by atoms with E-state index in [1.54, 1.807) is 24.3 Å². The van der Waals surface area contributed by atoms with Gasteiger partial charge in [0.1, 0.15) is 11.6 Å². The molecule has 248 valence electrons. The number of amides is 1. The maximum Gasteiger partial charge on any atom is 0.416 e. The molecule has 5 rings (SSSR count). The van der Waals surface area contributed by atoms with Gasteiger partial charge in [-0.1, -0.05) is 41.9 Å². The molecule has 2 aliphatic rings. The van der Waals surface area contributed by atoms with E-state index >= 15 is 0 Å². The average Bonchev–Trinajstić information content (AvgIpc) is 3.05. The first kappa shape index (κ1) is 34.2. The summed E-state index contributed by atoms with van der Waals surface area (Å²) < 4.78 is 60.8. The normalized spacial score (nSPS) is 17.7. The first-order valence-electron chi connectivity index (χ1n) is 15.9. The summed E-state index contributed by atoms with van der Waals surface area (Å²) in [7, 11) is 0. The summed E-state index contributed by atoms with van der Waals surface area (Å²) in [4.78, 5) is 19.5. The fourth-order valence-electron chi connectivity index (χ4n) is 6.48. The van der Waals surface area contributed by atoms with Gasteiger partial charge in [-0.15, -0.1) is 0 Å². The number of hydrogen-bond acceptors (Lipinski definition) is 5. The molecule has 0 radical (unpaired) electrons. The summed E-state index contributed by atoms with van der Waals surface area (Å²) in [5, 5.41) is 0.491. The predicted molar refractivity (Wildman–Crippen MR) is 172 cm³/mol. The van der Waals surface area contributed by atoms with Crippen molar-refractivity contribution in [3.05, 3.63) is 88.2 Å². The number of piperidine rings is 1. The highest BCUT2D eigenvalue weighted by atomic mass is 35.5. The highest BCUT2D eigenvalue weighted by molar-refractivity contribution is 6.33. The van der Waals surface area contributed by atoms with Crippen molar-refractivity contribution in [2.75, 3.05) is 52.4 Å². The molecular weight excluding hydrogens is 620 g/mol. The molecule has 0 saturated carbocycles. The Bertz CT molecular complexity index is 1490. The molecule has 0 bridgehead atoms. The van der Waals surface area contributed by atoms with Crippen molar-refractivity contribution in [3.63, 3.8) is 0 Å². The Labute approximate surface area is 273 Å². The van der Waals surface area contributed by atoms with E-state index in [2.05, 4.69) is 9.80 Å². The number of halogens is 5. The molecule has 3 aromatic carbocycles. The van der Waals surface area contributed by atoms with Gasteiger partial charge in [0.2, 0.25) is 5.91 Å². The number of nitrogens with two attached hydrogens (primary N) is 1. The molecule has 0 unspecified atom stereocenters. The van der Waals surface area contributed by atoms with Crippen molar-refractivity contribution >= 4 is 17.5 Å². The first-order chi connectivity index (χ1) is 22.0. The minimum atomic E-state index is -4.44. The van der Waals surface area contributed by atoms with E-state index in [0.29, 0.717) is 98.4 Å². The molecule has 1 atom stereocenters. The number of hydrogen-bond donors (Lipinski definition) is 1. The van der Waals surface area contributed by atoms with Crippen LogP contribution in [0.1, 0.15) is 36.5 Å². The predicted octanol–water partition coefficient (Wildman–Crippen LogP) is 6.49. The third kappa shape index (κ3) is 8.20. The lowest BCUT2D eigenvalue weighted by molar-refractivity contribution is -0.138. The summed E-state index contributed by atoms with van der Waals surface area (Å²) in [5.74, 6) is 0.215. The Morgan fingerprint density at radius 2 is 1.67 bits per heavy atom. The second kappa shape index (κ2) is 15.2. The molecule has 2 N–H and O–H groups in total. The third-order valence-electron chi connectivity index (χ3n) is 9.16. The van der Waals surface area contributed by atoms with E-state index < -0.39 is 17.8 Å². The maximum absolute atomic E-state index is 14.5. The van der Waals surface area contributed by atoms with Gasteiger partial charge in [0.05, 0.1) is 18.2 Å². The minimum absolute atomic E-state index is 0.0289. The molecule has 2 heterocycles. The van der Waals surface area contributed by atoms with Crippen molar-refractivity contribution in [2.24, 2.45) is 11.7 Å². The topological polar surface area (TPSA) is 62.0 Å². The van der Waals surface area contributed by atoms with Gasteiger partial charge >= 0.3 is 6.18 Å². The van der Waals surface area contributed by atoms with Gasteiger partial charge in [0.25, 0.3) is 0 Å². The molecule has 6 nitrogen and oxygen atoms in total. The van der Waals surface area contributed by atoms with Gasteiger partial charge < -0.3 is 20.3 Å². The first-order valence-corrected chi connectivity index (χ1v) is 16.3. The zero-order chi connectivity index (χ0) is 32.8. The molecule has 46 heavy (non-hydrogen) atoms. The second-order valence-corrected chi connectivity index (χ2v) is 12.5. The van der Waals surface area contributed by atoms with Gasteiger partial charge in [0.15, 0.2) is 0 Å². The molecule has 1 amide bonds. The summed E-state index contributed by atoms with van der Waals surface area (Å²) >= 11 is 6.40. The highest BCUT2D eigenvalue weighted by Crippen LogP contribution is 2.36. The van der Waals surface area contributed by atoms with Crippen molar-refractivity contribution in [1.29, 1.82) is 0 Å². The summed E-state index contributed by atoms with van der Waals surface area (Å²) in [6.45, 7) is 7.02. The fourth-order valence-corrected chi connectivity index (χ4v) is 6.72. The zero-order valence-electron chi connectivity index (χ0n) is 26.0. The van der Waals surface area contributed by atoms with Crippen molar-refractivity contribution in [1.82, 2.24) is 14.7 Å². The highest BCUT2D eigenvalue weighted by Gasteiger charge is 2.34. The van der Waals surface area contributed by atoms with Crippen LogP contribution in [0.15, 0.2) is 60.7 Å². The number of carbonyl (C=O) groups excluding carboxylic acids is 1. The van der Waals surface area contributed by atoms with E-state index in [0.717, 1.165) is 18.9 Å². The standard InChI is InChI=1S/C35H41ClF4N4O2/c1-2-46-32-9-5-8-31(37)29(32)23-43-18-20-44(21-19-43)34(45)33(41)24-12-15-42(16-13-24)17-14-25-22-26(35(38,39)40)10-11-27(25)28-6-3-4-7-30(28)36/h3-11,22,24,33H,2,12-21,23,41H2,1H3/t33-/m1/s1. The van der Waals surface area contributed by atoms with Crippen LogP contribution in [0.4, 0.5) is 17.6 Å². The van der Waals surface area contributed by atoms with Gasteiger partial charge in [-0.25, -0.2) is 4.39 Å². The van der Waals surface area contributed by atoms with Gasteiger partial charge in [-0.05, 0) is 86.7 Å². The van der Waals surface area contributed by atoms with E-state index in [4.69, 9.17) is 22.1 Å². The van der Waals surface area contributed by atoms with E-state index in [1.807, 2.05) is 24.0 Å². The van der Waals surface area contributed by atoms with Crippen LogP contribution in [-0.2, 0) is 23.9 Å². The number of ether oxygens (including phenoxy) is 1. The van der Waals surface area contributed by atoms with Crippen molar-refractivity contribution < 1.29 is 27.1 Å². The van der Waals surface area contributed by atoms with Gasteiger partial charge in [-0.2, -0.15) is 13.2 Å². The number of benzene rings is 3. The molecule has 0 spiro atoms. The van der Waals surface area contributed by atoms with E-state index in [9.17, 15) is 22.4 Å². The molecule has 0 aromatic heterocycles. The lowest BCUT2D eigenvalue weighted by atomic mass is 9.88. The average molecular weight is 661 g/mol. The maximum atomic E-state index is 14.5. The minimum Gasteiger partial charge on any atom is -0.493 e. The number of piperazine rings is 1. The molecule has 0 aliphatic carbocycles.